The number of amidine groups is 1. The van der Waals surface area contributed by atoms with Crippen LogP contribution < -0.4 is 11.1 Å². The molecule has 0 aliphatic rings. The van der Waals surface area contributed by atoms with Crippen molar-refractivity contribution in [3.05, 3.63) is 0 Å². The van der Waals surface area contributed by atoms with Gasteiger partial charge in [0.1, 0.15) is 5.84 Å². The second-order valence-corrected chi connectivity index (χ2v) is 2.09. The van der Waals surface area contributed by atoms with Crippen molar-refractivity contribution in [1.82, 2.24) is 5.32 Å². The van der Waals surface area contributed by atoms with Crippen LogP contribution in [0.2, 0.25) is 0 Å². The Morgan fingerprint density at radius 1 is 1.55 bits per heavy atom. The number of nitrogens with zero attached hydrogens (tertiary/aromatic N) is 1. The van der Waals surface area contributed by atoms with Crippen LogP contribution in [-0.2, 0) is 4.79 Å². The molecule has 11 heavy (non-hydrogen) atoms. The molecule has 0 bridgehead atoms. The molecule has 0 saturated heterocycles. The van der Waals surface area contributed by atoms with Crippen LogP contribution in [0.3, 0.4) is 0 Å². The Kier molecular flexibility index (Phi) is 5.15. The van der Waals surface area contributed by atoms with E-state index in [-0.39, 0.29) is 12.3 Å². The molecular weight excluding hydrogens is 142 g/mol. The molecule has 0 saturated carbocycles. The summed E-state index contributed by atoms with van der Waals surface area (Å²) in [6.45, 7) is 5.31. The van der Waals surface area contributed by atoms with Crippen molar-refractivity contribution in [2.24, 2.45) is 10.7 Å². The number of rotatable bonds is 4. The molecule has 0 heterocycles. The van der Waals surface area contributed by atoms with Crippen LogP contribution in [0.15, 0.2) is 4.99 Å². The highest BCUT2D eigenvalue weighted by Crippen LogP contribution is 1.82. The molecule has 0 atom stereocenters. The summed E-state index contributed by atoms with van der Waals surface area (Å²) in [7, 11) is 0. The maximum Gasteiger partial charge on any atom is 0.224 e. The molecule has 4 nitrogen and oxygen atoms in total. The third-order valence-electron chi connectivity index (χ3n) is 1.07. The van der Waals surface area contributed by atoms with Gasteiger partial charge in [-0.15, -0.1) is 0 Å². The van der Waals surface area contributed by atoms with Crippen LogP contribution in [0, 0.1) is 0 Å². The van der Waals surface area contributed by atoms with E-state index in [1.165, 1.54) is 0 Å². The molecule has 1 amide bonds. The number of carbonyl (C=O) groups excluding carboxylic acids is 1. The zero-order valence-corrected chi connectivity index (χ0v) is 7.05. The fraction of sp³-hybridized carbons (Fsp3) is 0.714. The summed E-state index contributed by atoms with van der Waals surface area (Å²) < 4.78 is 0. The lowest BCUT2D eigenvalue weighted by Crippen LogP contribution is -2.28. The van der Waals surface area contributed by atoms with Crippen molar-refractivity contribution in [2.75, 3.05) is 13.1 Å². The number of amides is 1. The second-order valence-electron chi connectivity index (χ2n) is 2.09. The third-order valence-corrected chi connectivity index (χ3v) is 1.07. The largest absolute Gasteiger partial charge is 0.374 e. The number of hydrogen-bond donors (Lipinski definition) is 2. The smallest absolute Gasteiger partial charge is 0.224 e. The summed E-state index contributed by atoms with van der Waals surface area (Å²) in [5, 5.41) is 2.96. The van der Waals surface area contributed by atoms with Gasteiger partial charge in [-0.3, -0.25) is 9.79 Å². The predicted octanol–water partition coefficient (Wildman–Crippen LogP) is -0.110. The lowest BCUT2D eigenvalue weighted by atomic mass is 10.3. The van der Waals surface area contributed by atoms with Gasteiger partial charge in [-0.05, 0) is 13.8 Å². The molecule has 0 aromatic rings. The SMILES string of the molecule is CCN=C(CC(N)=O)NCC. The van der Waals surface area contributed by atoms with Gasteiger partial charge in [0.2, 0.25) is 5.91 Å². The maximum absolute atomic E-state index is 10.5. The average molecular weight is 157 g/mol. The number of hydrogen-bond acceptors (Lipinski definition) is 2. The Balaban J connectivity index is 3.89. The van der Waals surface area contributed by atoms with Crippen LogP contribution in [0.25, 0.3) is 0 Å². The Hall–Kier alpha value is -1.06. The number of carbonyl (C=O) groups is 1. The van der Waals surface area contributed by atoms with Crippen molar-refractivity contribution >= 4 is 11.7 Å². The predicted molar refractivity (Wildman–Crippen MR) is 45.5 cm³/mol. The fourth-order valence-corrected chi connectivity index (χ4v) is 0.734. The van der Waals surface area contributed by atoms with Crippen molar-refractivity contribution in [2.45, 2.75) is 20.3 Å². The number of nitrogens with one attached hydrogen (secondary N) is 1. The first kappa shape index (κ1) is 9.94. The summed E-state index contributed by atoms with van der Waals surface area (Å²) in [5.74, 6) is 0.334. The lowest BCUT2D eigenvalue weighted by Gasteiger charge is -2.04. The lowest BCUT2D eigenvalue weighted by molar-refractivity contribution is -0.116. The van der Waals surface area contributed by atoms with E-state index in [1.54, 1.807) is 0 Å². The van der Waals surface area contributed by atoms with E-state index in [1.807, 2.05) is 13.8 Å². The number of primary amides is 1. The Morgan fingerprint density at radius 3 is 2.55 bits per heavy atom. The molecule has 0 fully saturated rings. The minimum atomic E-state index is -0.349. The van der Waals surface area contributed by atoms with E-state index in [2.05, 4.69) is 10.3 Å². The van der Waals surface area contributed by atoms with E-state index in [0.29, 0.717) is 12.4 Å². The number of aliphatic imine (C=N–C) groups is 1. The average Bonchev–Trinajstić information content (AvgIpc) is 1.87. The van der Waals surface area contributed by atoms with Gasteiger partial charge >= 0.3 is 0 Å². The summed E-state index contributed by atoms with van der Waals surface area (Å²) >= 11 is 0. The van der Waals surface area contributed by atoms with Crippen molar-refractivity contribution < 1.29 is 4.79 Å². The van der Waals surface area contributed by atoms with Crippen molar-refractivity contribution in [3.63, 3.8) is 0 Å². The van der Waals surface area contributed by atoms with Gasteiger partial charge in [-0.25, -0.2) is 0 Å². The number of nitrogens with two attached hydrogens (primary N) is 1. The summed E-state index contributed by atoms with van der Waals surface area (Å²) in [6, 6.07) is 0. The Bertz CT molecular complexity index is 154. The molecule has 3 N–H and O–H groups in total. The topological polar surface area (TPSA) is 67.5 Å². The van der Waals surface area contributed by atoms with Crippen molar-refractivity contribution in [3.8, 4) is 0 Å². The van der Waals surface area contributed by atoms with Gasteiger partial charge < -0.3 is 11.1 Å². The molecule has 0 aromatic heterocycles. The molecule has 0 rings (SSSR count). The van der Waals surface area contributed by atoms with Gasteiger partial charge in [-0.2, -0.15) is 0 Å². The van der Waals surface area contributed by atoms with E-state index >= 15 is 0 Å². The fourth-order valence-electron chi connectivity index (χ4n) is 0.734. The van der Waals surface area contributed by atoms with Crippen LogP contribution in [-0.4, -0.2) is 24.8 Å². The minimum absolute atomic E-state index is 0.210. The highest BCUT2D eigenvalue weighted by molar-refractivity contribution is 5.99. The first-order valence-electron chi connectivity index (χ1n) is 3.76. The van der Waals surface area contributed by atoms with Gasteiger partial charge in [0.25, 0.3) is 0 Å². The second kappa shape index (κ2) is 5.70. The van der Waals surface area contributed by atoms with E-state index in [9.17, 15) is 4.79 Å². The highest BCUT2D eigenvalue weighted by Gasteiger charge is 2.00. The van der Waals surface area contributed by atoms with Crippen molar-refractivity contribution in [1.29, 1.82) is 0 Å². The molecule has 0 aliphatic heterocycles. The molecule has 4 heteroatoms. The van der Waals surface area contributed by atoms with Crippen LogP contribution in [0.4, 0.5) is 0 Å². The van der Waals surface area contributed by atoms with E-state index in [4.69, 9.17) is 5.73 Å². The quantitative estimate of drug-likeness (QED) is 0.441. The highest BCUT2D eigenvalue weighted by atomic mass is 16.1. The third kappa shape index (κ3) is 5.39. The first-order valence-corrected chi connectivity index (χ1v) is 3.76. The first-order chi connectivity index (χ1) is 5.20. The van der Waals surface area contributed by atoms with E-state index < -0.39 is 0 Å². The molecule has 0 radical (unpaired) electrons. The van der Waals surface area contributed by atoms with Crippen LogP contribution in [0.5, 0.6) is 0 Å². The van der Waals surface area contributed by atoms with Gasteiger partial charge in [-0.1, -0.05) is 0 Å². The standard InChI is InChI=1S/C7H15N3O/c1-3-9-7(10-4-2)5-6(8)11/h3-5H2,1-2H3,(H2,8,11)(H,9,10). The van der Waals surface area contributed by atoms with Gasteiger partial charge in [0.15, 0.2) is 0 Å². The van der Waals surface area contributed by atoms with Crippen LogP contribution >= 0.6 is 0 Å². The Morgan fingerprint density at radius 2 is 2.18 bits per heavy atom. The summed E-state index contributed by atoms with van der Waals surface area (Å²) in [6.07, 6.45) is 0.210. The zero-order chi connectivity index (χ0) is 8.69. The molecule has 0 aromatic carbocycles. The molecule has 0 spiro atoms. The molecule has 64 valence electrons. The van der Waals surface area contributed by atoms with Gasteiger partial charge in [0.05, 0.1) is 6.42 Å². The summed E-state index contributed by atoms with van der Waals surface area (Å²) in [4.78, 5) is 14.5. The molecular formula is C7H15N3O. The minimum Gasteiger partial charge on any atom is -0.374 e. The van der Waals surface area contributed by atoms with Gasteiger partial charge in [0, 0.05) is 13.1 Å². The zero-order valence-electron chi connectivity index (χ0n) is 7.05. The summed E-state index contributed by atoms with van der Waals surface area (Å²) in [5.41, 5.74) is 4.99. The van der Waals surface area contributed by atoms with Crippen LogP contribution in [0.1, 0.15) is 20.3 Å². The monoisotopic (exact) mass is 157 g/mol. The molecule has 0 unspecified atom stereocenters. The molecule has 0 aliphatic carbocycles. The normalized spacial score (nSPS) is 11.3. The Labute approximate surface area is 66.9 Å². The maximum atomic E-state index is 10.5. The van der Waals surface area contributed by atoms with E-state index in [0.717, 1.165) is 6.54 Å².